The lowest BCUT2D eigenvalue weighted by Gasteiger charge is -2.09. The molecule has 0 unspecified atom stereocenters. The monoisotopic (exact) mass is 367 g/mol. The molecule has 5 nitrogen and oxygen atoms in total. The van der Waals surface area contributed by atoms with Gasteiger partial charge in [-0.1, -0.05) is 23.2 Å². The zero-order valence-corrected chi connectivity index (χ0v) is 14.8. The number of hydrogen-bond acceptors (Lipinski definition) is 4. The summed E-state index contributed by atoms with van der Waals surface area (Å²) in [5.74, 6) is -0.627. The smallest absolute Gasteiger partial charge is 0.221 e. The number of carbonyl (C=O) groups excluding carboxylic acids is 1. The third-order valence-electron chi connectivity index (χ3n) is 2.72. The molecule has 22 heavy (non-hydrogen) atoms. The normalized spacial score (nSPS) is 11.7. The van der Waals surface area contributed by atoms with Crippen molar-refractivity contribution in [2.45, 2.75) is 31.3 Å². The van der Waals surface area contributed by atoms with Crippen LogP contribution in [0.25, 0.3) is 0 Å². The van der Waals surface area contributed by atoms with Gasteiger partial charge in [-0.3, -0.25) is 4.79 Å². The first-order valence-corrected chi connectivity index (χ1v) is 9.19. The number of carbonyl (C=O) groups is 1. The van der Waals surface area contributed by atoms with Crippen molar-refractivity contribution in [2.24, 2.45) is 0 Å². The summed E-state index contributed by atoms with van der Waals surface area (Å²) in [5, 5.41) is 3.05. The summed E-state index contributed by atoms with van der Waals surface area (Å²) in [6.07, 6.45) is -0.0310. The average Bonchev–Trinajstić information content (AvgIpc) is 2.44. The van der Waals surface area contributed by atoms with Crippen LogP contribution in [0.5, 0.6) is 0 Å². The van der Waals surface area contributed by atoms with Gasteiger partial charge in [0.25, 0.3) is 0 Å². The molecule has 0 bridgehead atoms. The van der Waals surface area contributed by atoms with Gasteiger partial charge in [0.15, 0.2) is 9.84 Å². The van der Waals surface area contributed by atoms with E-state index in [0.717, 1.165) is 0 Å². The van der Waals surface area contributed by atoms with Gasteiger partial charge in [0.1, 0.15) is 0 Å². The minimum atomic E-state index is -3.57. The predicted octanol–water partition coefficient (Wildman–Crippen LogP) is 2.70. The number of ether oxygens (including phenoxy) is 1. The number of hydrogen-bond donors (Lipinski definition) is 1. The van der Waals surface area contributed by atoms with Crippen LogP contribution in [0.4, 0.5) is 0 Å². The molecule has 0 spiro atoms. The minimum Gasteiger partial charge on any atom is -0.377 e. The van der Waals surface area contributed by atoms with Crippen LogP contribution in [0.1, 0.15) is 20.3 Å². The SMILES string of the molecule is CC(C)OCCNC(=O)CCS(=O)(=O)c1ccc(Cl)c(Cl)c1. The average molecular weight is 368 g/mol. The van der Waals surface area contributed by atoms with E-state index >= 15 is 0 Å². The van der Waals surface area contributed by atoms with Gasteiger partial charge in [-0.2, -0.15) is 0 Å². The first kappa shape index (κ1) is 19.2. The number of benzene rings is 1. The Bertz CT molecular complexity index is 617. The Kier molecular flexibility index (Phi) is 7.62. The zero-order chi connectivity index (χ0) is 16.8. The number of sulfone groups is 1. The predicted molar refractivity (Wildman–Crippen MR) is 87.2 cm³/mol. The highest BCUT2D eigenvalue weighted by atomic mass is 35.5. The van der Waals surface area contributed by atoms with E-state index < -0.39 is 9.84 Å². The summed E-state index contributed by atoms with van der Waals surface area (Å²) in [6, 6.07) is 4.08. The van der Waals surface area contributed by atoms with E-state index in [9.17, 15) is 13.2 Å². The van der Waals surface area contributed by atoms with Crippen molar-refractivity contribution in [1.29, 1.82) is 0 Å². The lowest BCUT2D eigenvalue weighted by Crippen LogP contribution is -2.29. The van der Waals surface area contributed by atoms with Crippen LogP contribution >= 0.6 is 23.2 Å². The molecule has 1 N–H and O–H groups in total. The zero-order valence-electron chi connectivity index (χ0n) is 12.4. The number of rotatable bonds is 8. The number of nitrogens with one attached hydrogen (secondary N) is 1. The Balaban J connectivity index is 2.48. The Hall–Kier alpha value is -0.820. The van der Waals surface area contributed by atoms with Crippen molar-refractivity contribution in [3.05, 3.63) is 28.2 Å². The van der Waals surface area contributed by atoms with E-state index in [1.807, 2.05) is 13.8 Å². The van der Waals surface area contributed by atoms with Gasteiger partial charge >= 0.3 is 0 Å². The van der Waals surface area contributed by atoms with Gasteiger partial charge in [0.05, 0.1) is 33.4 Å². The van der Waals surface area contributed by atoms with Crippen molar-refractivity contribution in [3.63, 3.8) is 0 Å². The molecular formula is C14H19Cl2NO4S. The van der Waals surface area contributed by atoms with Crippen LogP contribution in [0, 0.1) is 0 Å². The van der Waals surface area contributed by atoms with Gasteiger partial charge in [0.2, 0.25) is 5.91 Å². The molecule has 1 aromatic carbocycles. The third kappa shape index (κ3) is 6.52. The van der Waals surface area contributed by atoms with Gasteiger partial charge < -0.3 is 10.1 Å². The van der Waals surface area contributed by atoms with Crippen molar-refractivity contribution in [3.8, 4) is 0 Å². The van der Waals surface area contributed by atoms with E-state index in [-0.39, 0.29) is 39.1 Å². The molecule has 0 aliphatic rings. The topological polar surface area (TPSA) is 72.5 Å². The summed E-state index contributed by atoms with van der Waals surface area (Å²) >= 11 is 11.6. The second kappa shape index (κ2) is 8.72. The maximum Gasteiger partial charge on any atom is 0.221 e. The van der Waals surface area contributed by atoms with Crippen molar-refractivity contribution in [2.75, 3.05) is 18.9 Å². The fourth-order valence-electron chi connectivity index (χ4n) is 1.59. The first-order chi connectivity index (χ1) is 10.2. The second-order valence-electron chi connectivity index (χ2n) is 4.91. The maximum absolute atomic E-state index is 12.1. The summed E-state index contributed by atoms with van der Waals surface area (Å²) in [7, 11) is -3.57. The summed E-state index contributed by atoms with van der Waals surface area (Å²) in [6.45, 7) is 4.53. The van der Waals surface area contributed by atoms with Crippen LogP contribution in [0.15, 0.2) is 23.1 Å². The van der Waals surface area contributed by atoms with Gasteiger partial charge in [-0.05, 0) is 32.0 Å². The molecule has 0 aliphatic heterocycles. The lowest BCUT2D eigenvalue weighted by atomic mass is 10.4. The van der Waals surface area contributed by atoms with Gasteiger partial charge in [-0.25, -0.2) is 8.42 Å². The highest BCUT2D eigenvalue weighted by Crippen LogP contribution is 2.25. The molecule has 1 rings (SSSR count). The summed E-state index contributed by atoms with van der Waals surface area (Å²) in [5.41, 5.74) is 0. The maximum atomic E-state index is 12.1. The Morgan fingerprint density at radius 3 is 2.55 bits per heavy atom. The number of halogens is 2. The molecule has 124 valence electrons. The minimum absolute atomic E-state index is 0.0536. The van der Waals surface area contributed by atoms with Crippen molar-refractivity contribution in [1.82, 2.24) is 5.32 Å². The van der Waals surface area contributed by atoms with Crippen molar-refractivity contribution < 1.29 is 17.9 Å². The molecule has 8 heteroatoms. The Morgan fingerprint density at radius 1 is 1.27 bits per heavy atom. The molecule has 0 fully saturated rings. The van der Waals surface area contributed by atoms with Crippen LogP contribution in [0.3, 0.4) is 0 Å². The number of amides is 1. The lowest BCUT2D eigenvalue weighted by molar-refractivity contribution is -0.121. The van der Waals surface area contributed by atoms with Crippen molar-refractivity contribution >= 4 is 38.9 Å². The van der Waals surface area contributed by atoms with E-state index in [1.54, 1.807) is 0 Å². The Morgan fingerprint density at radius 2 is 1.95 bits per heavy atom. The molecular weight excluding hydrogens is 349 g/mol. The molecule has 0 heterocycles. The van der Waals surface area contributed by atoms with E-state index in [2.05, 4.69) is 5.32 Å². The van der Waals surface area contributed by atoms with Crippen LogP contribution < -0.4 is 5.32 Å². The molecule has 1 aromatic rings. The largest absolute Gasteiger partial charge is 0.377 e. The summed E-state index contributed by atoms with van der Waals surface area (Å²) in [4.78, 5) is 11.7. The van der Waals surface area contributed by atoms with Gasteiger partial charge in [-0.15, -0.1) is 0 Å². The van der Waals surface area contributed by atoms with Crippen LogP contribution in [-0.2, 0) is 19.4 Å². The fraction of sp³-hybridized carbons (Fsp3) is 0.500. The Labute approximate surface area is 140 Å². The van der Waals surface area contributed by atoms with E-state index in [1.165, 1.54) is 18.2 Å². The third-order valence-corrected chi connectivity index (χ3v) is 5.18. The highest BCUT2D eigenvalue weighted by Gasteiger charge is 2.17. The van der Waals surface area contributed by atoms with E-state index in [4.69, 9.17) is 27.9 Å². The molecule has 0 aliphatic carbocycles. The first-order valence-electron chi connectivity index (χ1n) is 6.78. The summed E-state index contributed by atoms with van der Waals surface area (Å²) < 4.78 is 29.5. The standard InChI is InChI=1S/C14H19Cl2NO4S/c1-10(2)21-7-6-17-14(18)5-8-22(19,20)11-3-4-12(15)13(16)9-11/h3-4,9-10H,5-8H2,1-2H3,(H,17,18). The van der Waals surface area contributed by atoms with E-state index in [0.29, 0.717) is 13.2 Å². The molecule has 0 atom stereocenters. The molecule has 0 radical (unpaired) electrons. The molecule has 0 saturated heterocycles. The molecule has 0 saturated carbocycles. The molecule has 0 aromatic heterocycles. The van der Waals surface area contributed by atoms with Crippen LogP contribution in [0.2, 0.25) is 10.0 Å². The quantitative estimate of drug-likeness (QED) is 0.716. The fourth-order valence-corrected chi connectivity index (χ4v) is 3.21. The highest BCUT2D eigenvalue weighted by molar-refractivity contribution is 7.91. The molecule has 1 amide bonds. The second-order valence-corrected chi connectivity index (χ2v) is 7.84. The van der Waals surface area contributed by atoms with Gasteiger partial charge in [0, 0.05) is 13.0 Å². The van der Waals surface area contributed by atoms with Crippen LogP contribution in [-0.4, -0.2) is 39.3 Å².